The van der Waals surface area contributed by atoms with E-state index >= 15 is 0 Å². The molecule has 0 bridgehead atoms. The lowest BCUT2D eigenvalue weighted by Gasteiger charge is -2.28. The van der Waals surface area contributed by atoms with Gasteiger partial charge in [-0.25, -0.2) is 4.99 Å². The van der Waals surface area contributed by atoms with Crippen molar-refractivity contribution in [2.45, 2.75) is 65.5 Å². The van der Waals surface area contributed by atoms with Crippen molar-refractivity contribution >= 4 is 32.4 Å². The average molecular weight is 453 g/mol. The van der Waals surface area contributed by atoms with Gasteiger partial charge < -0.3 is 4.90 Å². The van der Waals surface area contributed by atoms with Crippen molar-refractivity contribution in [3.63, 3.8) is 0 Å². The van der Waals surface area contributed by atoms with E-state index in [0.29, 0.717) is 0 Å². The van der Waals surface area contributed by atoms with E-state index in [4.69, 9.17) is 0 Å². The van der Waals surface area contributed by atoms with E-state index in [2.05, 4.69) is 73.6 Å². The Balaban J connectivity index is 1.62. The third-order valence-electron chi connectivity index (χ3n) is 6.18. The molecule has 1 aliphatic heterocycles. The number of hydrogen-bond donors (Lipinski definition) is 0. The Labute approximate surface area is 195 Å². The quantitative estimate of drug-likeness (QED) is 0.225. The lowest BCUT2D eigenvalue weighted by Crippen LogP contribution is -2.14. The van der Waals surface area contributed by atoms with Gasteiger partial charge in [0.15, 0.2) is 0 Å². The first-order valence-electron chi connectivity index (χ1n) is 11.4. The number of hydrogen-bond acceptors (Lipinski definition) is 2. The van der Waals surface area contributed by atoms with Crippen LogP contribution in [0.25, 0.3) is 0 Å². The second-order valence-electron chi connectivity index (χ2n) is 8.85. The Morgan fingerprint density at radius 3 is 2.87 bits per heavy atom. The number of thioether (sulfide) groups is 1. The van der Waals surface area contributed by atoms with E-state index in [1.165, 1.54) is 58.4 Å². The minimum absolute atomic E-state index is 0.827. The predicted molar refractivity (Wildman–Crippen MR) is 143 cm³/mol. The van der Waals surface area contributed by atoms with E-state index in [9.17, 15) is 0 Å². The monoisotopic (exact) mass is 452 g/mol. The predicted octanol–water partition coefficient (Wildman–Crippen LogP) is 8.05. The van der Waals surface area contributed by atoms with Crippen LogP contribution in [-0.2, 0) is 6.42 Å². The van der Waals surface area contributed by atoms with Crippen LogP contribution in [0.15, 0.2) is 62.6 Å². The molecule has 0 amide bonds. The molecule has 1 saturated carbocycles. The molecule has 2 aliphatic rings. The first-order chi connectivity index (χ1) is 14.9. The zero-order valence-electron chi connectivity index (χ0n) is 19.8. The van der Waals surface area contributed by atoms with Crippen LogP contribution >= 0.6 is 20.3 Å². The highest BCUT2D eigenvalue weighted by molar-refractivity contribution is 8.06. The molecule has 1 aliphatic carbocycles. The van der Waals surface area contributed by atoms with E-state index in [-0.39, 0.29) is 0 Å². The van der Waals surface area contributed by atoms with Gasteiger partial charge in [-0.05, 0) is 87.1 Å². The molecule has 3 rings (SSSR count). The third-order valence-corrected chi connectivity index (χ3v) is 8.76. The Kier molecular flexibility index (Phi) is 8.81. The second-order valence-corrected chi connectivity index (χ2v) is 11.1. The molecule has 166 valence electrons. The maximum atomic E-state index is 4.66. The van der Waals surface area contributed by atoms with Crippen molar-refractivity contribution < 1.29 is 0 Å². The van der Waals surface area contributed by atoms with Crippen molar-refractivity contribution in [1.29, 1.82) is 0 Å². The summed E-state index contributed by atoms with van der Waals surface area (Å²) in [5.41, 5.74) is 10.2. The normalized spacial score (nSPS) is 19.9. The van der Waals surface area contributed by atoms with Crippen molar-refractivity contribution in [3.8, 4) is 0 Å². The van der Waals surface area contributed by atoms with Gasteiger partial charge in [0.1, 0.15) is 0 Å². The lowest BCUT2D eigenvalue weighted by atomic mass is 9.92. The molecule has 0 saturated heterocycles. The van der Waals surface area contributed by atoms with Crippen LogP contribution in [0, 0.1) is 13.8 Å². The molecule has 31 heavy (non-hydrogen) atoms. The minimum Gasteiger partial charge on any atom is -0.366 e. The van der Waals surface area contributed by atoms with Gasteiger partial charge in [-0.1, -0.05) is 62.4 Å². The zero-order valence-corrected chi connectivity index (χ0v) is 21.6. The molecule has 2 unspecified atom stereocenters. The van der Waals surface area contributed by atoms with Gasteiger partial charge in [0.05, 0.1) is 12.0 Å². The number of rotatable bonds is 8. The van der Waals surface area contributed by atoms with Gasteiger partial charge in [0.2, 0.25) is 0 Å². The van der Waals surface area contributed by atoms with Gasteiger partial charge in [-0.3, -0.25) is 0 Å². The highest BCUT2D eigenvalue weighted by atomic mass is 32.2. The fourth-order valence-electron chi connectivity index (χ4n) is 4.01. The molecule has 0 N–H and O–H groups in total. The summed E-state index contributed by atoms with van der Waals surface area (Å²) in [5.74, 6) is 2.43. The smallest absolute Gasteiger partial charge is 0.0909 e. The van der Waals surface area contributed by atoms with Gasteiger partial charge in [0.25, 0.3) is 0 Å². The summed E-state index contributed by atoms with van der Waals surface area (Å²) >= 11 is 1.78. The van der Waals surface area contributed by atoms with Gasteiger partial charge in [-0.15, -0.1) is 0 Å². The van der Waals surface area contributed by atoms with Crippen molar-refractivity contribution in [2.24, 2.45) is 4.99 Å². The molecule has 1 aromatic rings. The highest BCUT2D eigenvalue weighted by Gasteiger charge is 2.21. The summed E-state index contributed by atoms with van der Waals surface area (Å²) in [6.45, 7) is 14.0. The molecule has 1 fully saturated rings. The topological polar surface area (TPSA) is 15.6 Å². The van der Waals surface area contributed by atoms with Crippen LogP contribution in [-0.4, -0.2) is 30.5 Å². The van der Waals surface area contributed by atoms with Crippen LogP contribution in [0.4, 0.5) is 5.69 Å². The molecular weight excluding hydrogens is 415 g/mol. The molecule has 4 heteroatoms. The molecule has 2 atom stereocenters. The lowest BCUT2D eigenvalue weighted by molar-refractivity contribution is 0.552. The van der Waals surface area contributed by atoms with Crippen LogP contribution in [0.2, 0.25) is 0 Å². The molecular formula is C27H37N2PS. The standard InChI is InChI=1S/C27H37N2PS/c1-7-29(6)18-28-26-14-20(3)24(13-21(26)4)12-19(2)17-31-22(5)25-15-23-10-8-9-11-27(23)30-16-25/h13-18,27,30H,5,7-12H2,1-4,6H3/b19-17+,28-18?. The van der Waals surface area contributed by atoms with E-state index in [1.54, 1.807) is 17.3 Å². The molecule has 2 nitrogen and oxygen atoms in total. The Morgan fingerprint density at radius 2 is 2.10 bits per heavy atom. The minimum atomic E-state index is 0.827. The van der Waals surface area contributed by atoms with Crippen LogP contribution in [0.5, 0.6) is 0 Å². The van der Waals surface area contributed by atoms with Crippen molar-refractivity contribution in [1.82, 2.24) is 4.90 Å². The van der Waals surface area contributed by atoms with Crippen LogP contribution in [0.3, 0.4) is 0 Å². The fraction of sp³-hybridized carbons (Fsp3) is 0.444. The molecule has 1 aromatic carbocycles. The Morgan fingerprint density at radius 1 is 1.29 bits per heavy atom. The van der Waals surface area contributed by atoms with Crippen LogP contribution < -0.4 is 0 Å². The van der Waals surface area contributed by atoms with Crippen molar-refractivity contribution in [3.05, 3.63) is 74.3 Å². The summed E-state index contributed by atoms with van der Waals surface area (Å²) in [6.07, 6.45) is 10.7. The first kappa shape index (κ1) is 24.1. The summed E-state index contributed by atoms with van der Waals surface area (Å²) in [7, 11) is 2.98. The average Bonchev–Trinajstić information content (AvgIpc) is 2.78. The van der Waals surface area contributed by atoms with E-state index < -0.39 is 0 Å². The molecule has 1 heterocycles. The number of allylic oxidation sites excluding steroid dienone is 4. The maximum Gasteiger partial charge on any atom is 0.0909 e. The fourth-order valence-corrected chi connectivity index (χ4v) is 6.24. The number of aliphatic imine (C=N–C) groups is 1. The van der Waals surface area contributed by atoms with Gasteiger partial charge in [-0.2, -0.15) is 0 Å². The number of nitrogens with zero attached hydrogens (tertiary/aromatic N) is 2. The molecule has 0 aromatic heterocycles. The van der Waals surface area contributed by atoms with Gasteiger partial charge in [0, 0.05) is 24.2 Å². The Hall–Kier alpha value is -1.57. The van der Waals surface area contributed by atoms with Crippen molar-refractivity contribution in [2.75, 3.05) is 13.6 Å². The summed E-state index contributed by atoms with van der Waals surface area (Å²) in [4.78, 5) is 7.93. The highest BCUT2D eigenvalue weighted by Crippen LogP contribution is 2.44. The largest absolute Gasteiger partial charge is 0.366 e. The van der Waals surface area contributed by atoms with E-state index in [1.807, 2.05) is 13.4 Å². The van der Waals surface area contributed by atoms with Gasteiger partial charge >= 0.3 is 0 Å². The first-order valence-corrected chi connectivity index (χ1v) is 13.4. The Bertz CT molecular complexity index is 939. The van der Waals surface area contributed by atoms with E-state index in [0.717, 1.165) is 32.9 Å². The maximum absolute atomic E-state index is 4.66. The zero-order chi connectivity index (χ0) is 22.4. The SMILES string of the molecule is C=C(S/C=C(\C)Cc1cc(C)c(N=CN(C)CC)cc1C)C1=CPC2CCCCC2=C1. The number of benzene rings is 1. The summed E-state index contributed by atoms with van der Waals surface area (Å²) in [6, 6.07) is 4.51. The summed E-state index contributed by atoms with van der Waals surface area (Å²) < 4.78 is 0. The summed E-state index contributed by atoms with van der Waals surface area (Å²) in [5, 5.41) is 2.29. The second kappa shape index (κ2) is 11.3. The number of aryl methyl sites for hydroxylation is 2. The van der Waals surface area contributed by atoms with Crippen LogP contribution in [0.1, 0.15) is 56.2 Å². The third kappa shape index (κ3) is 6.70. The number of fused-ring (bicyclic) bond motifs is 1. The molecule has 0 spiro atoms. The molecule has 0 radical (unpaired) electrons.